The van der Waals surface area contributed by atoms with E-state index in [4.69, 9.17) is 5.11 Å². The molecule has 0 aromatic rings. The van der Waals surface area contributed by atoms with Crippen molar-refractivity contribution in [3.63, 3.8) is 0 Å². The maximum atomic E-state index is 10.7. The predicted octanol–water partition coefficient (Wildman–Crippen LogP) is -0.309. The normalized spacial score (nSPS) is 30.3. The van der Waals surface area contributed by atoms with Crippen LogP contribution in [0.2, 0.25) is 0 Å². The predicted molar refractivity (Wildman–Crippen MR) is 41.5 cm³/mol. The lowest BCUT2D eigenvalue weighted by molar-refractivity contribution is -0.138. The van der Waals surface area contributed by atoms with Gasteiger partial charge in [0.1, 0.15) is 11.4 Å². The highest BCUT2D eigenvalue weighted by Gasteiger charge is 2.31. The molecule has 2 N–H and O–H groups in total. The Bertz CT molecular complexity index is 174. The quantitative estimate of drug-likeness (QED) is 0.602. The highest BCUT2D eigenvalue weighted by Crippen LogP contribution is 2.18. The second-order valence-electron chi connectivity index (χ2n) is 2.38. The Kier molecular flexibility index (Phi) is 2.51. The Morgan fingerprint density at radius 3 is 2.55 bits per heavy atom. The van der Waals surface area contributed by atoms with E-state index >= 15 is 0 Å². The minimum Gasteiger partial charge on any atom is -0.480 e. The van der Waals surface area contributed by atoms with Gasteiger partial charge in [0.2, 0.25) is 0 Å². The van der Waals surface area contributed by atoms with Crippen molar-refractivity contribution in [3.05, 3.63) is 0 Å². The number of carboxylic acids is 1. The Balaban J connectivity index is 2.47. The van der Waals surface area contributed by atoms with Crippen molar-refractivity contribution in [2.24, 2.45) is 0 Å². The van der Waals surface area contributed by atoms with Crippen molar-refractivity contribution in [2.75, 3.05) is 5.75 Å². The van der Waals surface area contributed by atoms with Crippen molar-refractivity contribution in [2.45, 2.75) is 18.3 Å². The van der Waals surface area contributed by atoms with Gasteiger partial charge in [-0.05, 0) is 6.92 Å². The molecule has 1 fully saturated rings. The highest BCUT2D eigenvalue weighted by atomic mass is 32.2. The van der Waals surface area contributed by atoms with E-state index in [1.807, 2.05) is 0 Å². The van der Waals surface area contributed by atoms with Crippen LogP contribution in [0.4, 0.5) is 0 Å². The summed E-state index contributed by atoms with van der Waals surface area (Å²) in [5.74, 6) is -0.431. The van der Waals surface area contributed by atoms with E-state index in [1.54, 1.807) is 0 Å². The van der Waals surface area contributed by atoms with E-state index in [1.165, 1.54) is 18.7 Å². The molecule has 0 aliphatic carbocycles. The standard InChI is InChI=1S/C6H9NO3S/c1-3(8)5-7-4(2-11-5)6(9)10/h4-5,7H,2H2,1H3,(H,9,10). The molecule has 0 bridgehead atoms. The Morgan fingerprint density at radius 2 is 2.27 bits per heavy atom. The third kappa shape index (κ3) is 1.94. The number of Topliss-reactive ketones (excluding diaryl/α,β-unsaturated/α-hetero) is 1. The lowest BCUT2D eigenvalue weighted by atomic mass is 10.3. The lowest BCUT2D eigenvalue weighted by Gasteiger charge is -2.05. The summed E-state index contributed by atoms with van der Waals surface area (Å²) >= 11 is 1.35. The molecule has 1 aliphatic rings. The average molecular weight is 175 g/mol. The van der Waals surface area contributed by atoms with Gasteiger partial charge in [-0.1, -0.05) is 0 Å². The average Bonchev–Trinajstić information content (AvgIpc) is 2.33. The molecule has 62 valence electrons. The van der Waals surface area contributed by atoms with Gasteiger partial charge in [-0.2, -0.15) is 0 Å². The maximum Gasteiger partial charge on any atom is 0.321 e. The molecule has 11 heavy (non-hydrogen) atoms. The third-order valence-electron chi connectivity index (χ3n) is 1.45. The molecule has 0 saturated carbocycles. The van der Waals surface area contributed by atoms with Gasteiger partial charge in [0, 0.05) is 5.75 Å². The van der Waals surface area contributed by atoms with E-state index in [0.29, 0.717) is 5.75 Å². The van der Waals surface area contributed by atoms with Crippen molar-refractivity contribution < 1.29 is 14.7 Å². The molecule has 2 unspecified atom stereocenters. The minimum absolute atomic E-state index is 0.0150. The number of carbonyl (C=O) groups excluding carboxylic acids is 1. The van der Waals surface area contributed by atoms with Crippen molar-refractivity contribution >= 4 is 23.5 Å². The van der Waals surface area contributed by atoms with Crippen molar-refractivity contribution in [1.29, 1.82) is 0 Å². The molecule has 1 saturated heterocycles. The first-order chi connectivity index (χ1) is 5.11. The summed E-state index contributed by atoms with van der Waals surface area (Å²) in [7, 11) is 0. The Labute approximate surface area is 68.3 Å². The summed E-state index contributed by atoms with van der Waals surface area (Å²) in [4.78, 5) is 21.1. The minimum atomic E-state index is -0.888. The van der Waals surface area contributed by atoms with Crippen LogP contribution in [0.3, 0.4) is 0 Å². The van der Waals surface area contributed by atoms with Crippen LogP contribution in [0.5, 0.6) is 0 Å². The Morgan fingerprint density at radius 1 is 1.64 bits per heavy atom. The van der Waals surface area contributed by atoms with Crippen LogP contribution in [-0.4, -0.2) is 34.0 Å². The SMILES string of the molecule is CC(=O)C1NC(C(=O)O)CS1. The summed E-state index contributed by atoms with van der Waals surface area (Å²) in [6.45, 7) is 1.45. The largest absolute Gasteiger partial charge is 0.480 e. The van der Waals surface area contributed by atoms with Gasteiger partial charge in [0.25, 0.3) is 0 Å². The smallest absolute Gasteiger partial charge is 0.321 e. The first kappa shape index (κ1) is 8.55. The van der Waals surface area contributed by atoms with Gasteiger partial charge in [0.15, 0.2) is 5.78 Å². The van der Waals surface area contributed by atoms with Crippen molar-refractivity contribution in [3.8, 4) is 0 Å². The zero-order chi connectivity index (χ0) is 8.43. The maximum absolute atomic E-state index is 10.7. The van der Waals surface area contributed by atoms with E-state index in [2.05, 4.69) is 5.32 Å². The molecule has 0 spiro atoms. The monoisotopic (exact) mass is 175 g/mol. The molecular weight excluding hydrogens is 166 g/mol. The van der Waals surface area contributed by atoms with Gasteiger partial charge in [-0.15, -0.1) is 11.8 Å². The zero-order valence-electron chi connectivity index (χ0n) is 6.03. The molecule has 4 nitrogen and oxygen atoms in total. The number of rotatable bonds is 2. The topological polar surface area (TPSA) is 66.4 Å². The van der Waals surface area contributed by atoms with Crippen LogP contribution in [-0.2, 0) is 9.59 Å². The summed E-state index contributed by atoms with van der Waals surface area (Å²) in [6, 6.07) is -0.561. The fourth-order valence-corrected chi connectivity index (χ4v) is 1.97. The van der Waals surface area contributed by atoms with E-state index in [-0.39, 0.29) is 11.2 Å². The molecular formula is C6H9NO3S. The van der Waals surface area contributed by atoms with Crippen molar-refractivity contribution in [1.82, 2.24) is 5.32 Å². The van der Waals surface area contributed by atoms with Crippen LogP contribution in [0.1, 0.15) is 6.92 Å². The van der Waals surface area contributed by atoms with Gasteiger partial charge in [-0.3, -0.25) is 14.9 Å². The number of ketones is 1. The molecule has 2 atom stereocenters. The summed E-state index contributed by atoms with van der Waals surface area (Å²) in [5.41, 5.74) is 0. The lowest BCUT2D eigenvalue weighted by Crippen LogP contribution is -2.39. The third-order valence-corrected chi connectivity index (χ3v) is 2.78. The van der Waals surface area contributed by atoms with Crippen LogP contribution < -0.4 is 5.32 Å². The van der Waals surface area contributed by atoms with Crippen LogP contribution in [0.25, 0.3) is 0 Å². The first-order valence-corrected chi connectivity index (χ1v) is 4.27. The number of hydrogen-bond acceptors (Lipinski definition) is 4. The molecule has 1 rings (SSSR count). The number of hydrogen-bond donors (Lipinski definition) is 2. The number of carbonyl (C=O) groups is 2. The molecule has 1 aliphatic heterocycles. The van der Waals surface area contributed by atoms with E-state index in [0.717, 1.165) is 0 Å². The van der Waals surface area contributed by atoms with Crippen LogP contribution in [0.15, 0.2) is 0 Å². The first-order valence-electron chi connectivity index (χ1n) is 3.22. The molecule has 0 amide bonds. The fraction of sp³-hybridized carbons (Fsp3) is 0.667. The molecule has 1 heterocycles. The Hall–Kier alpha value is -0.550. The summed E-state index contributed by atoms with van der Waals surface area (Å²) in [5, 5.41) is 10.9. The molecule has 0 radical (unpaired) electrons. The number of thioether (sulfide) groups is 1. The highest BCUT2D eigenvalue weighted by molar-refractivity contribution is 8.00. The van der Waals surface area contributed by atoms with E-state index < -0.39 is 12.0 Å². The van der Waals surface area contributed by atoms with Gasteiger partial charge in [0.05, 0.1) is 0 Å². The van der Waals surface area contributed by atoms with Gasteiger partial charge >= 0.3 is 5.97 Å². The zero-order valence-corrected chi connectivity index (χ0v) is 6.85. The fourth-order valence-electron chi connectivity index (χ4n) is 0.849. The van der Waals surface area contributed by atoms with Crippen LogP contribution >= 0.6 is 11.8 Å². The summed E-state index contributed by atoms with van der Waals surface area (Å²) < 4.78 is 0. The van der Waals surface area contributed by atoms with E-state index in [9.17, 15) is 9.59 Å². The molecule has 0 aromatic heterocycles. The number of nitrogens with one attached hydrogen (secondary N) is 1. The molecule has 0 aromatic carbocycles. The number of aliphatic carboxylic acids is 1. The number of carboxylic acid groups (broad SMARTS) is 1. The van der Waals surface area contributed by atoms with Gasteiger partial charge in [-0.25, -0.2) is 0 Å². The second kappa shape index (κ2) is 3.23. The summed E-state index contributed by atoms with van der Waals surface area (Å²) in [6.07, 6.45) is 0. The molecule has 5 heteroatoms. The van der Waals surface area contributed by atoms with Crippen LogP contribution in [0, 0.1) is 0 Å². The second-order valence-corrected chi connectivity index (χ2v) is 3.52. The van der Waals surface area contributed by atoms with Gasteiger partial charge < -0.3 is 5.11 Å².